The molecule has 0 saturated heterocycles. The summed E-state index contributed by atoms with van der Waals surface area (Å²) in [6, 6.07) is 35.9. The van der Waals surface area contributed by atoms with Crippen LogP contribution in [0.1, 0.15) is 11.1 Å². The van der Waals surface area contributed by atoms with E-state index in [1.807, 2.05) is 42.6 Å². The van der Waals surface area contributed by atoms with Crippen molar-refractivity contribution in [1.82, 2.24) is 9.97 Å². The molecule has 0 amide bonds. The monoisotopic (exact) mass is 454 g/mol. The van der Waals surface area contributed by atoms with Crippen LogP contribution in [0.4, 0.5) is 0 Å². The van der Waals surface area contributed by atoms with Crippen molar-refractivity contribution in [3.8, 4) is 39.6 Å². The number of hydrogen-bond acceptors (Lipinski definition) is 4. The summed E-state index contributed by atoms with van der Waals surface area (Å²) in [6.07, 6.45) is 2.81. The summed E-state index contributed by atoms with van der Waals surface area (Å²) in [5.74, 6) is 0.543. The molecule has 2 heterocycles. The number of benzene rings is 4. The van der Waals surface area contributed by atoms with Crippen molar-refractivity contribution in [2.75, 3.05) is 0 Å². The van der Waals surface area contributed by atoms with Crippen LogP contribution in [0.2, 0.25) is 0 Å². The van der Waals surface area contributed by atoms with Gasteiger partial charge in [0.1, 0.15) is 11.3 Å². The average Bonchev–Trinajstić information content (AvgIpc) is 3.34. The lowest BCUT2D eigenvalue weighted by Crippen LogP contribution is -1.91. The second-order valence-electron chi connectivity index (χ2n) is 8.48. The Morgan fingerprint density at radius 2 is 1.43 bits per heavy atom. The van der Waals surface area contributed by atoms with E-state index in [1.165, 1.54) is 11.1 Å². The third-order valence-corrected chi connectivity index (χ3v) is 6.10. The Labute approximate surface area is 203 Å². The van der Waals surface area contributed by atoms with Gasteiger partial charge in [-0.25, -0.2) is 4.98 Å². The molecule has 0 spiro atoms. The van der Waals surface area contributed by atoms with Crippen molar-refractivity contribution in [1.29, 1.82) is 0 Å². The maximum absolute atomic E-state index is 10.2. The first kappa shape index (κ1) is 20.9. The number of rotatable bonds is 5. The molecule has 4 aromatic carbocycles. The molecule has 0 saturated carbocycles. The van der Waals surface area contributed by atoms with E-state index in [2.05, 4.69) is 54.6 Å². The summed E-state index contributed by atoms with van der Waals surface area (Å²) < 4.78 is 5.99. The summed E-state index contributed by atoms with van der Waals surface area (Å²) in [4.78, 5) is 9.47. The van der Waals surface area contributed by atoms with Crippen LogP contribution in [-0.4, -0.2) is 15.1 Å². The van der Waals surface area contributed by atoms with Crippen LogP contribution in [-0.2, 0) is 6.42 Å². The Hall–Kier alpha value is -4.70. The van der Waals surface area contributed by atoms with Gasteiger partial charge < -0.3 is 9.52 Å². The van der Waals surface area contributed by atoms with Gasteiger partial charge in [0.25, 0.3) is 0 Å². The fourth-order valence-electron chi connectivity index (χ4n) is 4.33. The van der Waals surface area contributed by atoms with E-state index in [4.69, 9.17) is 14.4 Å². The van der Waals surface area contributed by atoms with Crippen LogP contribution >= 0.6 is 0 Å². The van der Waals surface area contributed by atoms with Crippen molar-refractivity contribution in [3.63, 3.8) is 0 Å². The number of phenolic OH excluding ortho intramolecular Hbond substituents is 1. The Morgan fingerprint density at radius 1 is 0.657 bits per heavy atom. The summed E-state index contributed by atoms with van der Waals surface area (Å²) in [6.45, 7) is 0. The zero-order chi connectivity index (χ0) is 23.6. The van der Waals surface area contributed by atoms with Gasteiger partial charge in [-0.3, -0.25) is 4.98 Å². The molecule has 0 unspecified atom stereocenters. The van der Waals surface area contributed by atoms with E-state index < -0.39 is 0 Å². The lowest BCUT2D eigenvalue weighted by atomic mass is 10.00. The highest BCUT2D eigenvalue weighted by Gasteiger charge is 2.15. The second-order valence-corrected chi connectivity index (χ2v) is 8.48. The molecule has 0 atom stereocenters. The predicted octanol–water partition coefficient (Wildman–Crippen LogP) is 7.52. The van der Waals surface area contributed by atoms with Crippen LogP contribution in [0, 0.1) is 0 Å². The average molecular weight is 455 g/mol. The highest BCUT2D eigenvalue weighted by Crippen LogP contribution is 2.35. The summed E-state index contributed by atoms with van der Waals surface area (Å²) in [5, 5.41) is 10.2. The Kier molecular flexibility index (Phi) is 5.32. The van der Waals surface area contributed by atoms with Gasteiger partial charge in [0.15, 0.2) is 5.58 Å². The molecule has 0 fully saturated rings. The van der Waals surface area contributed by atoms with Crippen molar-refractivity contribution in [3.05, 3.63) is 127 Å². The summed E-state index contributed by atoms with van der Waals surface area (Å²) in [5.41, 5.74) is 8.41. The van der Waals surface area contributed by atoms with E-state index in [-0.39, 0.29) is 5.75 Å². The zero-order valence-corrected chi connectivity index (χ0v) is 18.9. The van der Waals surface area contributed by atoms with Gasteiger partial charge in [-0.2, -0.15) is 0 Å². The van der Waals surface area contributed by atoms with Crippen molar-refractivity contribution >= 4 is 11.1 Å². The molecule has 6 rings (SSSR count). The molecule has 0 bridgehead atoms. The largest absolute Gasteiger partial charge is 0.507 e. The van der Waals surface area contributed by atoms with Crippen LogP contribution in [0.15, 0.2) is 120 Å². The van der Waals surface area contributed by atoms with Gasteiger partial charge in [0, 0.05) is 17.3 Å². The first-order valence-corrected chi connectivity index (χ1v) is 11.5. The normalized spacial score (nSPS) is 11.1. The highest BCUT2D eigenvalue weighted by atomic mass is 16.3. The number of phenols is 1. The van der Waals surface area contributed by atoms with Crippen molar-refractivity contribution < 1.29 is 9.52 Å². The van der Waals surface area contributed by atoms with E-state index >= 15 is 0 Å². The molecule has 168 valence electrons. The third kappa shape index (κ3) is 4.18. The SMILES string of the molecule is Oc1ccccc1-c1nc2c(-c3cccc(-c4ccc(Cc5ccccc5)cn4)c3)cccc2o1. The molecule has 1 N–H and O–H groups in total. The molecule has 4 heteroatoms. The smallest absolute Gasteiger partial charge is 0.231 e. The Bertz CT molecular complexity index is 1620. The lowest BCUT2D eigenvalue weighted by Gasteiger charge is -2.07. The van der Waals surface area contributed by atoms with Crippen LogP contribution in [0.25, 0.3) is 44.9 Å². The Morgan fingerprint density at radius 3 is 2.26 bits per heavy atom. The molecule has 0 aliphatic heterocycles. The molecule has 0 aliphatic rings. The van der Waals surface area contributed by atoms with E-state index in [9.17, 15) is 5.11 Å². The van der Waals surface area contributed by atoms with Crippen LogP contribution in [0.5, 0.6) is 5.75 Å². The van der Waals surface area contributed by atoms with Crippen molar-refractivity contribution in [2.24, 2.45) is 0 Å². The standard InChI is InChI=1S/C31H22N2O2/c34-28-14-5-4-12-26(28)31-33-30-25(13-7-15-29(30)35-31)23-10-6-11-24(19-23)27-17-16-22(20-32-27)18-21-8-2-1-3-9-21/h1-17,19-20,34H,18H2. The molecule has 6 aromatic rings. The first-order chi connectivity index (χ1) is 17.2. The topological polar surface area (TPSA) is 59.2 Å². The number of oxazole rings is 1. The third-order valence-electron chi connectivity index (χ3n) is 6.10. The highest BCUT2D eigenvalue weighted by molar-refractivity contribution is 5.93. The van der Waals surface area contributed by atoms with Crippen molar-refractivity contribution in [2.45, 2.75) is 6.42 Å². The minimum atomic E-state index is 0.143. The van der Waals surface area contributed by atoms with Gasteiger partial charge in [-0.15, -0.1) is 0 Å². The molecular formula is C31H22N2O2. The fraction of sp³-hybridized carbons (Fsp3) is 0.0323. The predicted molar refractivity (Wildman–Crippen MR) is 139 cm³/mol. The van der Waals surface area contributed by atoms with E-state index in [0.29, 0.717) is 17.0 Å². The second kappa shape index (κ2) is 8.92. The number of pyridine rings is 1. The Balaban J connectivity index is 1.34. The molecule has 4 nitrogen and oxygen atoms in total. The number of para-hydroxylation sites is 2. The summed E-state index contributed by atoms with van der Waals surface area (Å²) in [7, 11) is 0. The maximum atomic E-state index is 10.2. The molecule has 0 radical (unpaired) electrons. The zero-order valence-electron chi connectivity index (χ0n) is 18.9. The number of fused-ring (bicyclic) bond motifs is 1. The van der Waals surface area contributed by atoms with E-state index in [1.54, 1.807) is 18.2 Å². The summed E-state index contributed by atoms with van der Waals surface area (Å²) >= 11 is 0. The minimum absolute atomic E-state index is 0.143. The van der Waals surface area contributed by atoms with Gasteiger partial charge in [0.05, 0.1) is 11.3 Å². The maximum Gasteiger partial charge on any atom is 0.231 e. The minimum Gasteiger partial charge on any atom is -0.507 e. The van der Waals surface area contributed by atoms with Gasteiger partial charge in [-0.05, 0) is 53.4 Å². The quantitative estimate of drug-likeness (QED) is 0.293. The van der Waals surface area contributed by atoms with Gasteiger partial charge in [-0.1, -0.05) is 78.9 Å². The van der Waals surface area contributed by atoms with Crippen LogP contribution in [0.3, 0.4) is 0 Å². The van der Waals surface area contributed by atoms with E-state index in [0.717, 1.165) is 34.3 Å². The number of nitrogens with zero attached hydrogens (tertiary/aromatic N) is 2. The molecule has 0 aliphatic carbocycles. The molecule has 35 heavy (non-hydrogen) atoms. The first-order valence-electron chi connectivity index (χ1n) is 11.5. The number of aromatic nitrogens is 2. The fourth-order valence-corrected chi connectivity index (χ4v) is 4.33. The number of aromatic hydroxyl groups is 1. The van der Waals surface area contributed by atoms with Gasteiger partial charge in [0.2, 0.25) is 5.89 Å². The van der Waals surface area contributed by atoms with Crippen LogP contribution < -0.4 is 0 Å². The molecular weight excluding hydrogens is 432 g/mol. The molecule has 2 aromatic heterocycles. The van der Waals surface area contributed by atoms with Gasteiger partial charge >= 0.3 is 0 Å². The lowest BCUT2D eigenvalue weighted by molar-refractivity contribution is 0.474. The number of hydrogen-bond donors (Lipinski definition) is 1.